The molecule has 6 nitrogen and oxygen atoms in total. The van der Waals surface area contributed by atoms with Gasteiger partial charge in [-0.2, -0.15) is 0 Å². The molecule has 0 radical (unpaired) electrons. The summed E-state index contributed by atoms with van der Waals surface area (Å²) in [5.74, 6) is -0.0195. The van der Waals surface area contributed by atoms with Gasteiger partial charge in [0.25, 0.3) is 0 Å². The number of carbonyl (C=O) groups is 2. The van der Waals surface area contributed by atoms with Crippen LogP contribution in [0, 0.1) is 0 Å². The van der Waals surface area contributed by atoms with E-state index >= 15 is 0 Å². The van der Waals surface area contributed by atoms with E-state index < -0.39 is 12.1 Å². The van der Waals surface area contributed by atoms with E-state index in [9.17, 15) is 19.8 Å². The van der Waals surface area contributed by atoms with E-state index in [-0.39, 0.29) is 18.5 Å². The molecule has 76 heavy (non-hydrogen) atoms. The summed E-state index contributed by atoms with van der Waals surface area (Å²) in [6.45, 7) is 4.96. The Hall–Kier alpha value is -1.66. The molecule has 0 heterocycles. The molecule has 0 rings (SSSR count). The van der Waals surface area contributed by atoms with E-state index in [1.807, 2.05) is 0 Å². The second-order valence-corrected chi connectivity index (χ2v) is 23.9. The Bertz CT molecular complexity index is 1190. The Kier molecular flexibility index (Phi) is 64.4. The van der Waals surface area contributed by atoms with E-state index in [4.69, 9.17) is 4.74 Å². The van der Waals surface area contributed by atoms with Crippen LogP contribution in [0.15, 0.2) is 24.3 Å². The maximum absolute atomic E-state index is 12.5. The van der Waals surface area contributed by atoms with Crippen molar-refractivity contribution in [1.29, 1.82) is 0 Å². The first-order valence-electron chi connectivity index (χ1n) is 34.6. The van der Waals surface area contributed by atoms with Gasteiger partial charge in [-0.05, 0) is 57.8 Å². The maximum Gasteiger partial charge on any atom is 0.305 e. The van der Waals surface area contributed by atoms with Crippen LogP contribution in [0.4, 0.5) is 0 Å². The smallest absolute Gasteiger partial charge is 0.305 e. The van der Waals surface area contributed by atoms with Crippen molar-refractivity contribution in [3.8, 4) is 0 Å². The van der Waals surface area contributed by atoms with Gasteiger partial charge in [-0.1, -0.05) is 340 Å². The third kappa shape index (κ3) is 61.6. The molecule has 0 aromatic heterocycles. The van der Waals surface area contributed by atoms with Gasteiger partial charge >= 0.3 is 5.97 Å². The molecule has 6 heteroatoms. The highest BCUT2D eigenvalue weighted by molar-refractivity contribution is 5.76. The zero-order valence-corrected chi connectivity index (χ0v) is 51.5. The number of hydrogen-bond acceptors (Lipinski definition) is 5. The molecule has 0 spiro atoms. The first kappa shape index (κ1) is 74.3. The lowest BCUT2D eigenvalue weighted by Gasteiger charge is -2.22. The number of nitrogens with one attached hydrogen (secondary N) is 1. The van der Waals surface area contributed by atoms with Crippen LogP contribution in [0.3, 0.4) is 0 Å². The Labute approximate surface area is 475 Å². The topological polar surface area (TPSA) is 95.9 Å². The Morgan fingerprint density at radius 2 is 0.658 bits per heavy atom. The molecule has 2 atom stereocenters. The number of amides is 1. The average molecular weight is 1070 g/mol. The van der Waals surface area contributed by atoms with Gasteiger partial charge in [-0.15, -0.1) is 0 Å². The lowest BCUT2D eigenvalue weighted by molar-refractivity contribution is -0.143. The fourth-order valence-corrected chi connectivity index (χ4v) is 11.0. The maximum atomic E-state index is 12.5. The molecular formula is C70H135NO5. The third-order valence-electron chi connectivity index (χ3n) is 16.3. The number of rotatable bonds is 65. The normalized spacial score (nSPS) is 12.6. The number of allylic oxidation sites excluding steroid dienone is 4. The molecule has 0 saturated carbocycles. The van der Waals surface area contributed by atoms with Gasteiger partial charge in [-0.3, -0.25) is 9.59 Å². The van der Waals surface area contributed by atoms with Crippen molar-refractivity contribution >= 4 is 11.9 Å². The van der Waals surface area contributed by atoms with Gasteiger partial charge in [0.2, 0.25) is 5.91 Å². The van der Waals surface area contributed by atoms with Crippen molar-refractivity contribution in [2.24, 2.45) is 0 Å². The number of carbonyl (C=O) groups excluding carboxylic acids is 2. The second kappa shape index (κ2) is 65.9. The highest BCUT2D eigenvalue weighted by atomic mass is 16.5. The first-order chi connectivity index (χ1) is 37.5. The van der Waals surface area contributed by atoms with Gasteiger partial charge in [0.1, 0.15) is 0 Å². The van der Waals surface area contributed by atoms with Crippen LogP contribution < -0.4 is 5.32 Å². The predicted octanol–water partition coefficient (Wildman–Crippen LogP) is 22.1. The molecule has 0 bridgehead atoms. The van der Waals surface area contributed by atoms with Crippen molar-refractivity contribution in [1.82, 2.24) is 5.32 Å². The predicted molar refractivity (Wildman–Crippen MR) is 333 cm³/mol. The van der Waals surface area contributed by atoms with E-state index in [2.05, 4.69) is 43.5 Å². The molecule has 0 aliphatic carbocycles. The first-order valence-corrected chi connectivity index (χ1v) is 34.6. The Morgan fingerprint density at radius 1 is 0.368 bits per heavy atom. The summed E-state index contributed by atoms with van der Waals surface area (Å²) in [7, 11) is 0. The Balaban J connectivity index is 3.36. The van der Waals surface area contributed by atoms with Crippen molar-refractivity contribution < 1.29 is 24.5 Å². The molecule has 0 fully saturated rings. The molecule has 450 valence electrons. The van der Waals surface area contributed by atoms with E-state index in [1.54, 1.807) is 0 Å². The van der Waals surface area contributed by atoms with Crippen LogP contribution in [0.25, 0.3) is 0 Å². The van der Waals surface area contributed by atoms with Crippen molar-refractivity contribution in [3.05, 3.63) is 24.3 Å². The molecule has 2 unspecified atom stereocenters. The molecule has 0 aromatic rings. The minimum Gasteiger partial charge on any atom is -0.466 e. The number of unbranched alkanes of at least 4 members (excludes halogenated alkanes) is 50. The highest BCUT2D eigenvalue weighted by Gasteiger charge is 2.20. The third-order valence-corrected chi connectivity index (χ3v) is 16.3. The lowest BCUT2D eigenvalue weighted by atomic mass is 10.0. The molecular weight excluding hydrogens is 935 g/mol. The number of esters is 1. The summed E-state index contributed by atoms with van der Waals surface area (Å²) in [5, 5.41) is 23.4. The van der Waals surface area contributed by atoms with E-state index in [0.717, 1.165) is 51.4 Å². The summed E-state index contributed by atoms with van der Waals surface area (Å²) in [6, 6.07) is -0.541. The van der Waals surface area contributed by atoms with Gasteiger partial charge in [-0.25, -0.2) is 0 Å². The zero-order valence-electron chi connectivity index (χ0n) is 51.5. The standard InChI is InChI=1S/C70H135NO5/c1-3-5-7-9-11-13-15-17-19-21-27-32-36-40-44-48-52-56-60-64-70(75)76-65-61-57-53-49-45-41-37-33-29-26-24-22-23-25-28-31-35-39-43-47-51-55-59-63-69(74)71-67(66-72)68(73)62-58-54-50-46-42-38-34-30-20-18-16-14-12-10-8-6-4-2/h11,13,17,19,67-68,72-73H,3-10,12,14-16,18,20-66H2,1-2H3,(H,71,74)/b13-11-,19-17-. The molecule has 0 saturated heterocycles. The van der Waals surface area contributed by atoms with Crippen LogP contribution in [-0.2, 0) is 14.3 Å². The van der Waals surface area contributed by atoms with Gasteiger partial charge in [0.15, 0.2) is 0 Å². The van der Waals surface area contributed by atoms with Crippen molar-refractivity contribution in [3.63, 3.8) is 0 Å². The van der Waals surface area contributed by atoms with Gasteiger partial charge < -0.3 is 20.3 Å². The fraction of sp³-hybridized carbons (Fsp3) is 0.914. The van der Waals surface area contributed by atoms with E-state index in [1.165, 1.54) is 302 Å². The van der Waals surface area contributed by atoms with Gasteiger partial charge in [0.05, 0.1) is 25.4 Å². The van der Waals surface area contributed by atoms with Crippen LogP contribution in [0.1, 0.15) is 386 Å². The largest absolute Gasteiger partial charge is 0.466 e. The van der Waals surface area contributed by atoms with Crippen LogP contribution in [0.2, 0.25) is 0 Å². The SMILES string of the molecule is CCCCC/C=C\C/C=C\CCCCCCCCCCCC(=O)OCCCCCCCCCCCCCCCCCCCCCCCCCC(=O)NC(CO)C(O)CCCCCCCCCCCCCCCCCCC. The summed E-state index contributed by atoms with van der Waals surface area (Å²) in [5.41, 5.74) is 0. The van der Waals surface area contributed by atoms with Crippen molar-refractivity contribution in [2.45, 2.75) is 398 Å². The molecule has 1 amide bonds. The lowest BCUT2D eigenvalue weighted by Crippen LogP contribution is -2.45. The molecule has 0 aromatic carbocycles. The summed E-state index contributed by atoms with van der Waals surface area (Å²) < 4.78 is 5.51. The molecule has 0 aliphatic rings. The van der Waals surface area contributed by atoms with Crippen LogP contribution in [-0.4, -0.2) is 47.4 Å². The number of ether oxygens (including phenoxy) is 1. The second-order valence-electron chi connectivity index (χ2n) is 23.9. The highest BCUT2D eigenvalue weighted by Crippen LogP contribution is 2.19. The molecule has 0 aliphatic heterocycles. The minimum atomic E-state index is -0.664. The molecule has 3 N–H and O–H groups in total. The van der Waals surface area contributed by atoms with Crippen molar-refractivity contribution in [2.75, 3.05) is 13.2 Å². The van der Waals surface area contributed by atoms with Crippen LogP contribution >= 0.6 is 0 Å². The fourth-order valence-electron chi connectivity index (χ4n) is 11.0. The zero-order chi connectivity index (χ0) is 55.0. The summed E-state index contributed by atoms with van der Waals surface area (Å²) >= 11 is 0. The van der Waals surface area contributed by atoms with E-state index in [0.29, 0.717) is 25.9 Å². The Morgan fingerprint density at radius 3 is 1.03 bits per heavy atom. The number of hydrogen-bond donors (Lipinski definition) is 3. The average Bonchev–Trinajstić information content (AvgIpc) is 3.42. The summed E-state index contributed by atoms with van der Waals surface area (Å²) in [4.78, 5) is 24.6. The monoisotopic (exact) mass is 1070 g/mol. The van der Waals surface area contributed by atoms with Crippen LogP contribution in [0.5, 0.6) is 0 Å². The quantitative estimate of drug-likeness (QED) is 0.0320. The number of aliphatic hydroxyl groups excluding tert-OH is 2. The summed E-state index contributed by atoms with van der Waals surface area (Å²) in [6.07, 6.45) is 82.1. The van der Waals surface area contributed by atoms with Gasteiger partial charge in [0, 0.05) is 12.8 Å². The minimum absolute atomic E-state index is 0.0115. The number of aliphatic hydroxyl groups is 2.